The third-order valence-corrected chi connectivity index (χ3v) is 4.11. The molecule has 0 aliphatic rings. The van der Waals surface area contributed by atoms with Crippen LogP contribution in [0.2, 0.25) is 0 Å². The van der Waals surface area contributed by atoms with Crippen LogP contribution in [0.5, 0.6) is 0 Å². The molecule has 0 spiro atoms. The zero-order valence-corrected chi connectivity index (χ0v) is 13.9. The summed E-state index contributed by atoms with van der Waals surface area (Å²) in [6.45, 7) is 6.17. The van der Waals surface area contributed by atoms with Crippen LogP contribution in [-0.2, 0) is 6.42 Å². The molecule has 1 heterocycles. The van der Waals surface area contributed by atoms with Gasteiger partial charge in [-0.25, -0.2) is 9.78 Å². The maximum absolute atomic E-state index is 11.3. The summed E-state index contributed by atoms with van der Waals surface area (Å²) in [6.07, 6.45) is -0.203. The number of rotatable bonds is 4. The second-order valence-electron chi connectivity index (χ2n) is 6.12. The van der Waals surface area contributed by atoms with Crippen LogP contribution in [0.3, 0.4) is 0 Å². The van der Waals surface area contributed by atoms with Crippen molar-refractivity contribution in [2.75, 3.05) is 12.3 Å². The van der Waals surface area contributed by atoms with Crippen molar-refractivity contribution in [2.45, 2.75) is 32.7 Å². The van der Waals surface area contributed by atoms with E-state index in [2.05, 4.69) is 4.98 Å². The first-order valence-electron chi connectivity index (χ1n) is 7.08. The summed E-state index contributed by atoms with van der Waals surface area (Å²) in [6, 6.07) is 8.00. The molecule has 22 heavy (non-hydrogen) atoms. The Kier molecular flexibility index (Phi) is 4.71. The van der Waals surface area contributed by atoms with Crippen LogP contribution in [0.1, 0.15) is 26.3 Å². The maximum atomic E-state index is 11.3. The van der Waals surface area contributed by atoms with Crippen LogP contribution in [0.25, 0.3) is 11.3 Å². The number of hydrogen-bond donors (Lipinski definition) is 2. The van der Waals surface area contributed by atoms with Crippen molar-refractivity contribution in [1.82, 2.24) is 9.88 Å². The van der Waals surface area contributed by atoms with E-state index in [0.717, 1.165) is 16.8 Å². The number of carbonyl (C=O) groups is 1. The smallest absolute Gasteiger partial charge is 0.407 e. The minimum Gasteiger partial charge on any atom is -0.465 e. The molecule has 118 valence electrons. The van der Waals surface area contributed by atoms with Crippen LogP contribution in [0.4, 0.5) is 9.93 Å². The van der Waals surface area contributed by atoms with E-state index in [0.29, 0.717) is 18.1 Å². The highest BCUT2D eigenvalue weighted by molar-refractivity contribution is 7.13. The van der Waals surface area contributed by atoms with Crippen molar-refractivity contribution in [3.8, 4) is 11.3 Å². The van der Waals surface area contributed by atoms with Gasteiger partial charge in [0, 0.05) is 23.0 Å². The number of anilines is 1. The van der Waals surface area contributed by atoms with Crippen LogP contribution >= 0.6 is 11.3 Å². The van der Waals surface area contributed by atoms with E-state index in [4.69, 9.17) is 5.73 Å². The van der Waals surface area contributed by atoms with Crippen molar-refractivity contribution in [2.24, 2.45) is 0 Å². The van der Waals surface area contributed by atoms with Gasteiger partial charge in [-0.2, -0.15) is 0 Å². The van der Waals surface area contributed by atoms with Gasteiger partial charge >= 0.3 is 6.09 Å². The summed E-state index contributed by atoms with van der Waals surface area (Å²) in [5.41, 5.74) is 8.23. The summed E-state index contributed by atoms with van der Waals surface area (Å²) < 4.78 is 0. The Morgan fingerprint density at radius 3 is 2.41 bits per heavy atom. The lowest BCUT2D eigenvalue weighted by Crippen LogP contribution is -2.45. The van der Waals surface area contributed by atoms with Gasteiger partial charge in [0.15, 0.2) is 5.13 Å². The third-order valence-electron chi connectivity index (χ3n) is 3.44. The molecule has 0 aliphatic carbocycles. The van der Waals surface area contributed by atoms with Gasteiger partial charge in [0.05, 0.1) is 5.69 Å². The normalized spacial score (nSPS) is 11.4. The number of carboxylic acid groups (broad SMARTS) is 1. The van der Waals surface area contributed by atoms with Gasteiger partial charge in [0.25, 0.3) is 0 Å². The first kappa shape index (κ1) is 16.3. The van der Waals surface area contributed by atoms with Gasteiger partial charge in [-0.3, -0.25) is 0 Å². The Morgan fingerprint density at radius 1 is 1.32 bits per heavy atom. The monoisotopic (exact) mass is 319 g/mol. The van der Waals surface area contributed by atoms with Crippen molar-refractivity contribution in [3.63, 3.8) is 0 Å². The zero-order valence-electron chi connectivity index (χ0n) is 13.0. The number of nitrogens with zero attached hydrogens (tertiary/aromatic N) is 2. The first-order chi connectivity index (χ1) is 10.3. The van der Waals surface area contributed by atoms with Crippen molar-refractivity contribution >= 4 is 22.6 Å². The molecule has 0 atom stereocenters. The van der Waals surface area contributed by atoms with Gasteiger partial charge in [0.1, 0.15) is 0 Å². The fourth-order valence-electron chi connectivity index (χ4n) is 2.22. The lowest BCUT2D eigenvalue weighted by atomic mass is 10.0. The quantitative estimate of drug-likeness (QED) is 0.900. The standard InChI is InChI=1S/C16H21N3O2S/c1-16(2,3)19(15(20)21)9-8-11-4-6-12(7-5-11)13-10-22-14(17)18-13/h4-7,10H,8-9H2,1-3H3,(H2,17,18)(H,20,21). The predicted octanol–water partition coefficient (Wildman–Crippen LogP) is 3.71. The van der Waals surface area contributed by atoms with E-state index >= 15 is 0 Å². The van der Waals surface area contributed by atoms with E-state index in [1.807, 2.05) is 50.4 Å². The number of nitrogen functional groups attached to an aromatic ring is 1. The molecule has 0 aliphatic heterocycles. The molecular formula is C16H21N3O2S. The maximum Gasteiger partial charge on any atom is 0.407 e. The molecule has 3 N–H and O–H groups in total. The SMILES string of the molecule is CC(C)(C)N(CCc1ccc(-c2csc(N)n2)cc1)C(=O)O. The molecule has 2 rings (SSSR count). The molecule has 0 radical (unpaired) electrons. The molecule has 6 heteroatoms. The number of amides is 1. The average molecular weight is 319 g/mol. The fourth-order valence-corrected chi connectivity index (χ4v) is 2.79. The summed E-state index contributed by atoms with van der Waals surface area (Å²) in [7, 11) is 0. The molecule has 2 aromatic rings. The third kappa shape index (κ3) is 3.98. The summed E-state index contributed by atoms with van der Waals surface area (Å²) >= 11 is 1.42. The number of thiazole rings is 1. The van der Waals surface area contributed by atoms with Crippen LogP contribution < -0.4 is 5.73 Å². The second kappa shape index (κ2) is 6.36. The molecule has 0 fully saturated rings. The lowest BCUT2D eigenvalue weighted by Gasteiger charge is -2.33. The molecule has 1 aromatic heterocycles. The number of aromatic nitrogens is 1. The van der Waals surface area contributed by atoms with Gasteiger partial charge in [-0.15, -0.1) is 11.3 Å². The zero-order chi connectivity index (χ0) is 16.3. The lowest BCUT2D eigenvalue weighted by molar-refractivity contribution is 0.101. The molecule has 1 aromatic carbocycles. The van der Waals surface area contributed by atoms with Gasteiger partial charge < -0.3 is 15.7 Å². The molecule has 5 nitrogen and oxygen atoms in total. The highest BCUT2D eigenvalue weighted by Crippen LogP contribution is 2.23. The Labute approximate surface area is 134 Å². The number of hydrogen-bond acceptors (Lipinski definition) is 4. The summed E-state index contributed by atoms with van der Waals surface area (Å²) in [5, 5.41) is 11.8. The molecule has 1 amide bonds. The van der Waals surface area contributed by atoms with Crippen LogP contribution in [-0.4, -0.2) is 33.2 Å². The molecule has 0 saturated carbocycles. The minimum absolute atomic E-state index is 0.399. The fraction of sp³-hybridized carbons (Fsp3) is 0.375. The van der Waals surface area contributed by atoms with E-state index < -0.39 is 11.6 Å². The van der Waals surface area contributed by atoms with Gasteiger partial charge in [0.2, 0.25) is 0 Å². The number of nitrogens with two attached hydrogens (primary N) is 1. The van der Waals surface area contributed by atoms with Gasteiger partial charge in [-0.1, -0.05) is 24.3 Å². The van der Waals surface area contributed by atoms with Crippen molar-refractivity contribution < 1.29 is 9.90 Å². The second-order valence-corrected chi connectivity index (χ2v) is 7.01. The van der Waals surface area contributed by atoms with E-state index in [1.54, 1.807) is 0 Å². The Balaban J connectivity index is 2.04. The van der Waals surface area contributed by atoms with Crippen LogP contribution in [0.15, 0.2) is 29.6 Å². The average Bonchev–Trinajstić information content (AvgIpc) is 2.84. The first-order valence-corrected chi connectivity index (χ1v) is 7.96. The highest BCUT2D eigenvalue weighted by Gasteiger charge is 2.25. The molecular weight excluding hydrogens is 298 g/mol. The summed E-state index contributed by atoms with van der Waals surface area (Å²) in [4.78, 5) is 17.0. The Morgan fingerprint density at radius 2 is 1.95 bits per heavy atom. The number of benzene rings is 1. The minimum atomic E-state index is -0.887. The van der Waals surface area contributed by atoms with E-state index in [9.17, 15) is 9.90 Å². The predicted molar refractivity (Wildman–Crippen MR) is 90.2 cm³/mol. The molecule has 0 unspecified atom stereocenters. The highest BCUT2D eigenvalue weighted by atomic mass is 32.1. The summed E-state index contributed by atoms with van der Waals surface area (Å²) in [5.74, 6) is 0. The van der Waals surface area contributed by atoms with Crippen molar-refractivity contribution in [3.05, 3.63) is 35.2 Å². The largest absolute Gasteiger partial charge is 0.465 e. The molecule has 0 bridgehead atoms. The Bertz CT molecular complexity index is 644. The van der Waals surface area contributed by atoms with Crippen molar-refractivity contribution in [1.29, 1.82) is 0 Å². The topological polar surface area (TPSA) is 79.5 Å². The van der Waals surface area contributed by atoms with E-state index in [1.165, 1.54) is 16.2 Å². The molecule has 0 saturated heterocycles. The van der Waals surface area contributed by atoms with E-state index in [-0.39, 0.29) is 0 Å². The van der Waals surface area contributed by atoms with Crippen LogP contribution in [0, 0.1) is 0 Å². The Hall–Kier alpha value is -2.08. The van der Waals surface area contributed by atoms with Gasteiger partial charge in [-0.05, 0) is 32.8 Å².